The summed E-state index contributed by atoms with van der Waals surface area (Å²) in [6, 6.07) is 9.09. The Morgan fingerprint density at radius 2 is 1.91 bits per heavy atom. The van der Waals surface area contributed by atoms with Gasteiger partial charge in [-0.3, -0.25) is 0 Å². The largest absolute Gasteiger partial charge is 0.388 e. The van der Waals surface area contributed by atoms with E-state index in [1.54, 1.807) is 7.98 Å². The summed E-state index contributed by atoms with van der Waals surface area (Å²) in [5.41, 5.74) is 0.798. The summed E-state index contributed by atoms with van der Waals surface area (Å²) in [7, 11) is 1.58. The van der Waals surface area contributed by atoms with Crippen LogP contribution in [0.3, 0.4) is 0 Å². The minimum atomic E-state index is -0.198. The number of urea groups is 1. The first kappa shape index (κ1) is 7.66. The molecule has 2 amide bonds. The number of anilines is 1. The highest BCUT2D eigenvalue weighted by Crippen LogP contribution is 2.03. The first-order chi connectivity index (χ1) is 5.33. The van der Waals surface area contributed by atoms with Gasteiger partial charge in [0.25, 0.3) is 0 Å². The topological polar surface area (TPSA) is 41.1 Å². The number of amides is 2. The first-order valence-corrected chi connectivity index (χ1v) is 3.36. The van der Waals surface area contributed by atoms with Crippen LogP contribution in [0.15, 0.2) is 30.3 Å². The van der Waals surface area contributed by atoms with Gasteiger partial charge in [-0.15, -0.1) is 0 Å². The average Bonchev–Trinajstić information content (AvgIpc) is 2.06. The Bertz CT molecular complexity index is 237. The fraction of sp³-hybridized carbons (Fsp3) is 0. The van der Waals surface area contributed by atoms with E-state index in [-0.39, 0.29) is 6.03 Å². The molecule has 0 heterocycles. The Morgan fingerprint density at radius 1 is 1.27 bits per heavy atom. The van der Waals surface area contributed by atoms with Crippen molar-refractivity contribution in [3.8, 4) is 0 Å². The SMILES string of the molecule is BNC(=O)Nc1ccccc1. The van der Waals surface area contributed by atoms with E-state index in [2.05, 4.69) is 10.5 Å². The van der Waals surface area contributed by atoms with E-state index in [1.807, 2.05) is 30.3 Å². The number of rotatable bonds is 1. The summed E-state index contributed by atoms with van der Waals surface area (Å²) in [6.45, 7) is 0. The number of para-hydroxylation sites is 1. The van der Waals surface area contributed by atoms with Gasteiger partial charge in [-0.1, -0.05) is 18.2 Å². The monoisotopic (exact) mass is 148 g/mol. The van der Waals surface area contributed by atoms with Gasteiger partial charge < -0.3 is 10.5 Å². The zero-order valence-electron chi connectivity index (χ0n) is 6.29. The average molecular weight is 148 g/mol. The van der Waals surface area contributed by atoms with Crippen LogP contribution < -0.4 is 10.5 Å². The lowest BCUT2D eigenvalue weighted by atomic mass is 10.3. The number of hydrogen-bond donors (Lipinski definition) is 2. The lowest BCUT2D eigenvalue weighted by Gasteiger charge is -2.02. The Kier molecular flexibility index (Phi) is 2.55. The summed E-state index contributed by atoms with van der Waals surface area (Å²) in [6.07, 6.45) is 0. The molecule has 3 nitrogen and oxygen atoms in total. The second-order valence-electron chi connectivity index (χ2n) is 2.07. The van der Waals surface area contributed by atoms with Gasteiger partial charge in [0.1, 0.15) is 0 Å². The first-order valence-electron chi connectivity index (χ1n) is 3.36. The number of hydrogen-bond acceptors (Lipinski definition) is 1. The van der Waals surface area contributed by atoms with Crippen molar-refractivity contribution in [2.45, 2.75) is 0 Å². The Hall–Kier alpha value is -1.45. The lowest BCUT2D eigenvalue weighted by molar-refractivity contribution is 0.257. The Balaban J connectivity index is 2.58. The van der Waals surface area contributed by atoms with E-state index >= 15 is 0 Å². The zero-order chi connectivity index (χ0) is 8.10. The molecule has 0 aliphatic carbocycles. The molecular weight excluding hydrogens is 139 g/mol. The van der Waals surface area contributed by atoms with Crippen LogP contribution >= 0.6 is 0 Å². The minimum absolute atomic E-state index is 0.198. The highest BCUT2D eigenvalue weighted by molar-refractivity contribution is 6.16. The van der Waals surface area contributed by atoms with E-state index in [0.29, 0.717) is 0 Å². The third kappa shape index (κ3) is 2.33. The fourth-order valence-electron chi connectivity index (χ4n) is 0.715. The van der Waals surface area contributed by atoms with Crippen molar-refractivity contribution in [1.82, 2.24) is 5.23 Å². The van der Waals surface area contributed by atoms with Crippen LogP contribution in [0, 0.1) is 0 Å². The van der Waals surface area contributed by atoms with Crippen LogP contribution in [0.1, 0.15) is 0 Å². The predicted molar refractivity (Wildman–Crippen MR) is 47.1 cm³/mol. The number of carbonyl (C=O) groups is 1. The molecule has 0 bridgehead atoms. The summed E-state index contributed by atoms with van der Waals surface area (Å²) < 4.78 is 0. The second kappa shape index (κ2) is 3.66. The summed E-state index contributed by atoms with van der Waals surface area (Å²) in [4.78, 5) is 10.8. The molecule has 4 heteroatoms. The van der Waals surface area contributed by atoms with Crippen LogP contribution in [-0.4, -0.2) is 14.0 Å². The van der Waals surface area contributed by atoms with E-state index in [1.165, 1.54) is 0 Å². The highest BCUT2D eigenvalue weighted by Gasteiger charge is 1.94. The maximum Gasteiger partial charge on any atom is 0.306 e. The lowest BCUT2D eigenvalue weighted by Crippen LogP contribution is -2.25. The van der Waals surface area contributed by atoms with Gasteiger partial charge in [0.15, 0.2) is 0 Å². The smallest absolute Gasteiger partial charge is 0.306 e. The quantitative estimate of drug-likeness (QED) is 0.554. The van der Waals surface area contributed by atoms with E-state index in [4.69, 9.17) is 0 Å². The highest BCUT2D eigenvalue weighted by atomic mass is 16.2. The molecule has 1 rings (SSSR count). The molecule has 0 spiro atoms. The van der Waals surface area contributed by atoms with Gasteiger partial charge in [0.2, 0.25) is 7.98 Å². The van der Waals surface area contributed by atoms with Gasteiger partial charge in [0, 0.05) is 5.69 Å². The molecule has 1 aromatic rings. The van der Waals surface area contributed by atoms with E-state index in [9.17, 15) is 4.79 Å². The van der Waals surface area contributed by atoms with Crippen LogP contribution in [0.5, 0.6) is 0 Å². The summed E-state index contributed by atoms with van der Waals surface area (Å²) in [5.74, 6) is 0. The molecule has 0 aliphatic heterocycles. The van der Waals surface area contributed by atoms with Crippen molar-refractivity contribution in [3.05, 3.63) is 30.3 Å². The van der Waals surface area contributed by atoms with Crippen LogP contribution in [0.4, 0.5) is 10.5 Å². The van der Waals surface area contributed by atoms with Crippen molar-refractivity contribution >= 4 is 19.7 Å². The molecule has 2 N–H and O–H groups in total. The maximum atomic E-state index is 10.8. The van der Waals surface area contributed by atoms with E-state index in [0.717, 1.165) is 5.69 Å². The predicted octanol–water partition coefficient (Wildman–Crippen LogP) is 0.356. The molecule has 11 heavy (non-hydrogen) atoms. The van der Waals surface area contributed by atoms with Crippen molar-refractivity contribution < 1.29 is 4.79 Å². The minimum Gasteiger partial charge on any atom is -0.388 e. The fourth-order valence-corrected chi connectivity index (χ4v) is 0.715. The summed E-state index contributed by atoms with van der Waals surface area (Å²) in [5, 5.41) is 5.10. The van der Waals surface area contributed by atoms with Crippen molar-refractivity contribution in [2.75, 3.05) is 5.32 Å². The van der Waals surface area contributed by atoms with Crippen LogP contribution in [0.25, 0.3) is 0 Å². The van der Waals surface area contributed by atoms with Crippen LogP contribution in [-0.2, 0) is 0 Å². The molecule has 0 atom stereocenters. The molecule has 0 aliphatic rings. The summed E-state index contributed by atoms with van der Waals surface area (Å²) >= 11 is 0. The molecule has 56 valence electrons. The number of nitrogens with one attached hydrogen (secondary N) is 2. The molecular formula is C7H9BN2O. The molecule has 0 fully saturated rings. The standard InChI is InChI=1S/C7H9BN2O/c8-10-7(11)9-6-4-2-1-3-5-6/h1-5H,8H2,(H2,9,10,11). The van der Waals surface area contributed by atoms with Gasteiger partial charge in [-0.25, -0.2) is 4.79 Å². The molecule has 0 saturated carbocycles. The van der Waals surface area contributed by atoms with Crippen molar-refractivity contribution in [3.63, 3.8) is 0 Å². The van der Waals surface area contributed by atoms with Crippen molar-refractivity contribution in [2.24, 2.45) is 0 Å². The van der Waals surface area contributed by atoms with Gasteiger partial charge in [0.05, 0.1) is 0 Å². The van der Waals surface area contributed by atoms with Gasteiger partial charge in [-0.2, -0.15) is 0 Å². The molecule has 0 unspecified atom stereocenters. The molecule has 0 saturated heterocycles. The van der Waals surface area contributed by atoms with E-state index < -0.39 is 0 Å². The Morgan fingerprint density at radius 3 is 2.45 bits per heavy atom. The number of carbonyl (C=O) groups excluding carboxylic acids is 1. The zero-order valence-corrected chi connectivity index (χ0v) is 6.29. The van der Waals surface area contributed by atoms with Crippen molar-refractivity contribution in [1.29, 1.82) is 0 Å². The van der Waals surface area contributed by atoms with Gasteiger partial charge in [-0.05, 0) is 12.1 Å². The Labute approximate surface area is 66.2 Å². The van der Waals surface area contributed by atoms with Crippen LogP contribution in [0.2, 0.25) is 0 Å². The second-order valence-corrected chi connectivity index (χ2v) is 2.07. The molecule has 0 aromatic heterocycles. The molecule has 1 aromatic carbocycles. The third-order valence-electron chi connectivity index (χ3n) is 1.26. The van der Waals surface area contributed by atoms with Gasteiger partial charge >= 0.3 is 6.03 Å². The normalized spacial score (nSPS) is 8.73. The molecule has 0 radical (unpaired) electrons. The number of benzene rings is 1. The third-order valence-corrected chi connectivity index (χ3v) is 1.26. The maximum absolute atomic E-state index is 10.8.